The van der Waals surface area contributed by atoms with Crippen LogP contribution in [-0.4, -0.2) is 58.5 Å². The van der Waals surface area contributed by atoms with Gasteiger partial charge in [-0.2, -0.15) is 5.10 Å². The van der Waals surface area contributed by atoms with Crippen molar-refractivity contribution in [1.29, 1.82) is 0 Å². The van der Waals surface area contributed by atoms with Crippen molar-refractivity contribution < 1.29 is 19.1 Å². The van der Waals surface area contributed by atoms with E-state index in [1.165, 1.54) is 0 Å². The topological polar surface area (TPSA) is 96.6 Å². The average Bonchev–Trinajstić information content (AvgIpc) is 3.27. The Bertz CT molecular complexity index is 679. The smallest absolute Gasteiger partial charge is 0.410 e. The monoisotopic (exact) mass is 376 g/mol. The van der Waals surface area contributed by atoms with Crippen molar-refractivity contribution in [1.82, 2.24) is 15.1 Å². The third-order valence-electron chi connectivity index (χ3n) is 5.91. The second-order valence-corrected chi connectivity index (χ2v) is 7.91. The number of hydrogen-bond donors (Lipinski definition) is 2. The maximum Gasteiger partial charge on any atom is 0.410 e. The van der Waals surface area contributed by atoms with Crippen LogP contribution in [0.25, 0.3) is 0 Å². The highest BCUT2D eigenvalue weighted by Crippen LogP contribution is 2.39. The van der Waals surface area contributed by atoms with Crippen LogP contribution < -0.4 is 5.32 Å². The average molecular weight is 376 g/mol. The predicted octanol–water partition coefficient (Wildman–Crippen LogP) is 2.78. The standard InChI is InChI=1S/C19H28N4O4/c1-12-5-4-7-23(12)19(25)27-14-9-13(10-14)15-11-17(22-21-15)20-18(24)16-6-2-3-8-26-16/h11-14,16H,2-10H2,1H3,(H2,20,21,22,24). The predicted molar refractivity (Wildman–Crippen MR) is 98.5 cm³/mol. The second-order valence-electron chi connectivity index (χ2n) is 7.91. The Balaban J connectivity index is 1.23. The van der Waals surface area contributed by atoms with Crippen LogP contribution >= 0.6 is 0 Å². The van der Waals surface area contributed by atoms with E-state index in [2.05, 4.69) is 22.4 Å². The third kappa shape index (κ3) is 4.10. The van der Waals surface area contributed by atoms with Gasteiger partial charge in [0.1, 0.15) is 12.2 Å². The third-order valence-corrected chi connectivity index (χ3v) is 5.91. The number of rotatable bonds is 4. The Kier molecular flexibility index (Phi) is 5.33. The molecule has 2 unspecified atom stereocenters. The van der Waals surface area contributed by atoms with Crippen LogP contribution in [0.4, 0.5) is 10.6 Å². The summed E-state index contributed by atoms with van der Waals surface area (Å²) in [7, 11) is 0. The van der Waals surface area contributed by atoms with Gasteiger partial charge in [-0.1, -0.05) is 0 Å². The number of carbonyl (C=O) groups excluding carboxylic acids is 2. The minimum Gasteiger partial charge on any atom is -0.446 e. The first kappa shape index (κ1) is 18.3. The minimum absolute atomic E-state index is 0.0349. The zero-order chi connectivity index (χ0) is 18.8. The first-order chi connectivity index (χ1) is 13.1. The molecule has 1 aromatic heterocycles. The van der Waals surface area contributed by atoms with Gasteiger partial charge in [-0.3, -0.25) is 9.89 Å². The van der Waals surface area contributed by atoms with Gasteiger partial charge in [0.05, 0.1) is 0 Å². The number of aromatic amines is 1. The number of ether oxygens (including phenoxy) is 2. The van der Waals surface area contributed by atoms with E-state index >= 15 is 0 Å². The molecule has 8 heteroatoms. The van der Waals surface area contributed by atoms with Crippen LogP contribution in [-0.2, 0) is 14.3 Å². The van der Waals surface area contributed by atoms with Crippen molar-refractivity contribution in [3.8, 4) is 0 Å². The van der Waals surface area contributed by atoms with E-state index in [4.69, 9.17) is 9.47 Å². The SMILES string of the molecule is CC1CCCN1C(=O)OC1CC(c2cc(NC(=O)C3CCCCO3)n[nH]2)C1. The minimum atomic E-state index is -0.376. The largest absolute Gasteiger partial charge is 0.446 e. The molecule has 0 spiro atoms. The fourth-order valence-corrected chi connectivity index (χ4v) is 4.09. The Hall–Kier alpha value is -2.09. The van der Waals surface area contributed by atoms with Crippen LogP contribution in [0.1, 0.15) is 63.5 Å². The molecule has 0 aromatic carbocycles. The summed E-state index contributed by atoms with van der Waals surface area (Å²) in [5.41, 5.74) is 0.969. The molecule has 0 radical (unpaired) electrons. The number of aromatic nitrogens is 2. The molecular formula is C19H28N4O4. The summed E-state index contributed by atoms with van der Waals surface area (Å²) in [6.07, 6.45) is 5.87. The summed E-state index contributed by atoms with van der Waals surface area (Å²) >= 11 is 0. The van der Waals surface area contributed by atoms with Gasteiger partial charge in [0.25, 0.3) is 5.91 Å². The second kappa shape index (κ2) is 7.88. The molecule has 2 amide bonds. The maximum absolute atomic E-state index is 12.2. The molecule has 3 heterocycles. The van der Waals surface area contributed by atoms with Crippen LogP contribution in [0.3, 0.4) is 0 Å². The summed E-state index contributed by atoms with van der Waals surface area (Å²) in [6, 6.07) is 2.15. The summed E-state index contributed by atoms with van der Waals surface area (Å²) in [5.74, 6) is 0.672. The highest BCUT2D eigenvalue weighted by Gasteiger charge is 2.37. The molecule has 1 aliphatic carbocycles. The first-order valence-electron chi connectivity index (χ1n) is 10.0. The molecule has 3 fully saturated rings. The van der Waals surface area contributed by atoms with Crippen molar-refractivity contribution in [2.24, 2.45) is 0 Å². The molecule has 2 aliphatic heterocycles. The summed E-state index contributed by atoms with van der Waals surface area (Å²) in [5, 5.41) is 10.0. The van der Waals surface area contributed by atoms with Crippen LogP contribution in [0.5, 0.6) is 0 Å². The lowest BCUT2D eigenvalue weighted by molar-refractivity contribution is -0.130. The molecule has 1 saturated carbocycles. The quantitative estimate of drug-likeness (QED) is 0.842. The molecular weight excluding hydrogens is 348 g/mol. The van der Waals surface area contributed by atoms with E-state index < -0.39 is 0 Å². The number of anilines is 1. The molecule has 2 N–H and O–H groups in total. The van der Waals surface area contributed by atoms with Crippen molar-refractivity contribution in [3.63, 3.8) is 0 Å². The van der Waals surface area contributed by atoms with Gasteiger partial charge < -0.3 is 19.7 Å². The van der Waals surface area contributed by atoms with E-state index in [1.54, 1.807) is 0 Å². The molecule has 148 valence electrons. The van der Waals surface area contributed by atoms with E-state index in [0.717, 1.165) is 57.2 Å². The Morgan fingerprint density at radius 3 is 2.85 bits per heavy atom. The van der Waals surface area contributed by atoms with E-state index in [-0.39, 0.29) is 36.2 Å². The molecule has 2 saturated heterocycles. The maximum atomic E-state index is 12.2. The van der Waals surface area contributed by atoms with Crippen molar-refractivity contribution >= 4 is 17.8 Å². The number of amides is 2. The van der Waals surface area contributed by atoms with E-state index in [9.17, 15) is 9.59 Å². The van der Waals surface area contributed by atoms with Crippen molar-refractivity contribution in [2.75, 3.05) is 18.5 Å². The van der Waals surface area contributed by atoms with Crippen molar-refractivity contribution in [3.05, 3.63) is 11.8 Å². The summed E-state index contributed by atoms with van der Waals surface area (Å²) in [6.45, 7) is 3.50. The fraction of sp³-hybridized carbons (Fsp3) is 0.737. The van der Waals surface area contributed by atoms with Gasteiger partial charge in [-0.15, -0.1) is 0 Å². The zero-order valence-corrected chi connectivity index (χ0v) is 15.8. The van der Waals surface area contributed by atoms with Crippen LogP contribution in [0.2, 0.25) is 0 Å². The van der Waals surface area contributed by atoms with Gasteiger partial charge in [0.2, 0.25) is 0 Å². The molecule has 27 heavy (non-hydrogen) atoms. The summed E-state index contributed by atoms with van der Waals surface area (Å²) in [4.78, 5) is 26.2. The number of hydrogen-bond acceptors (Lipinski definition) is 5. The lowest BCUT2D eigenvalue weighted by atomic mass is 9.80. The van der Waals surface area contributed by atoms with Gasteiger partial charge in [0.15, 0.2) is 5.82 Å². The van der Waals surface area contributed by atoms with Crippen LogP contribution in [0, 0.1) is 0 Å². The van der Waals surface area contributed by atoms with Crippen molar-refractivity contribution in [2.45, 2.75) is 76.0 Å². The Labute approximate surface area is 159 Å². The molecule has 3 aliphatic rings. The number of H-pyrrole nitrogens is 1. The zero-order valence-electron chi connectivity index (χ0n) is 15.8. The van der Waals surface area contributed by atoms with E-state index in [0.29, 0.717) is 12.4 Å². The molecule has 2 atom stereocenters. The fourth-order valence-electron chi connectivity index (χ4n) is 4.09. The highest BCUT2D eigenvalue weighted by atomic mass is 16.6. The molecule has 8 nitrogen and oxygen atoms in total. The number of likely N-dealkylation sites (tertiary alicyclic amines) is 1. The van der Waals surface area contributed by atoms with Crippen LogP contribution in [0.15, 0.2) is 6.07 Å². The molecule has 0 bridgehead atoms. The van der Waals surface area contributed by atoms with E-state index in [1.807, 2.05) is 11.0 Å². The Morgan fingerprint density at radius 1 is 1.30 bits per heavy atom. The van der Waals surface area contributed by atoms with Gasteiger partial charge in [-0.25, -0.2) is 4.79 Å². The van der Waals surface area contributed by atoms with Gasteiger partial charge in [0, 0.05) is 36.9 Å². The van der Waals surface area contributed by atoms with Gasteiger partial charge >= 0.3 is 6.09 Å². The number of carbonyl (C=O) groups is 2. The number of nitrogens with zero attached hydrogens (tertiary/aromatic N) is 2. The first-order valence-corrected chi connectivity index (χ1v) is 10.0. The lowest BCUT2D eigenvalue weighted by Crippen LogP contribution is -2.40. The molecule has 1 aromatic rings. The molecule has 4 rings (SSSR count). The highest BCUT2D eigenvalue weighted by molar-refractivity contribution is 5.93. The summed E-state index contributed by atoms with van der Waals surface area (Å²) < 4.78 is 11.1. The Morgan fingerprint density at radius 2 is 2.15 bits per heavy atom. The van der Waals surface area contributed by atoms with Gasteiger partial charge in [-0.05, 0) is 51.9 Å². The number of nitrogens with one attached hydrogen (secondary N) is 2. The lowest BCUT2D eigenvalue weighted by Gasteiger charge is -2.35. The normalized spacial score (nSPS) is 30.6.